The lowest BCUT2D eigenvalue weighted by Crippen LogP contribution is -2.43. The van der Waals surface area contributed by atoms with E-state index < -0.39 is 5.97 Å². The second-order valence-corrected chi connectivity index (χ2v) is 4.16. The number of fused-ring (bicyclic) bond motifs is 1. The van der Waals surface area contributed by atoms with Gasteiger partial charge in [0, 0.05) is 12.0 Å². The van der Waals surface area contributed by atoms with E-state index in [-0.39, 0.29) is 22.6 Å². The molecule has 0 radical (unpaired) electrons. The maximum absolute atomic E-state index is 11.7. The molecule has 0 saturated heterocycles. The molecule has 0 bridgehead atoms. The Morgan fingerprint density at radius 1 is 1.53 bits per heavy atom. The summed E-state index contributed by atoms with van der Waals surface area (Å²) in [6.07, 6.45) is 3.65. The van der Waals surface area contributed by atoms with Crippen molar-refractivity contribution in [3.63, 3.8) is 0 Å². The largest absolute Gasteiger partial charge is 0.478 e. The van der Waals surface area contributed by atoms with Crippen LogP contribution in [0.5, 0.6) is 0 Å². The molecule has 2 heterocycles. The van der Waals surface area contributed by atoms with Crippen LogP contribution in [0.15, 0.2) is 10.7 Å². The van der Waals surface area contributed by atoms with E-state index >= 15 is 0 Å². The summed E-state index contributed by atoms with van der Waals surface area (Å²) in [6, 6.07) is 0. The summed E-state index contributed by atoms with van der Waals surface area (Å²) in [4.78, 5) is 22.5. The SMILES string of the molecule is O=C(O)c1coc2c1C(=O)NC1(CC1)C2. The van der Waals surface area contributed by atoms with Crippen molar-refractivity contribution in [1.29, 1.82) is 0 Å². The summed E-state index contributed by atoms with van der Waals surface area (Å²) in [7, 11) is 0. The Labute approximate surface area is 85.1 Å². The van der Waals surface area contributed by atoms with Gasteiger partial charge in [-0.05, 0) is 12.8 Å². The third kappa shape index (κ3) is 1.09. The third-order valence-electron chi connectivity index (χ3n) is 3.06. The summed E-state index contributed by atoms with van der Waals surface area (Å²) in [5.74, 6) is -0.935. The number of rotatable bonds is 1. The average Bonchev–Trinajstić information content (AvgIpc) is 2.76. The van der Waals surface area contributed by atoms with E-state index in [4.69, 9.17) is 9.52 Å². The van der Waals surface area contributed by atoms with Crippen LogP contribution < -0.4 is 5.32 Å². The van der Waals surface area contributed by atoms with Gasteiger partial charge in [0.1, 0.15) is 17.6 Å². The summed E-state index contributed by atoms with van der Waals surface area (Å²) in [5, 5.41) is 11.7. The molecule has 0 aromatic carbocycles. The Morgan fingerprint density at radius 3 is 2.87 bits per heavy atom. The second kappa shape index (κ2) is 2.42. The minimum Gasteiger partial charge on any atom is -0.478 e. The van der Waals surface area contributed by atoms with Gasteiger partial charge >= 0.3 is 5.97 Å². The molecule has 78 valence electrons. The fourth-order valence-electron chi connectivity index (χ4n) is 2.04. The molecule has 1 aliphatic carbocycles. The quantitative estimate of drug-likeness (QED) is 0.713. The number of amides is 1. The van der Waals surface area contributed by atoms with E-state index in [1.54, 1.807) is 0 Å². The molecule has 0 atom stereocenters. The zero-order valence-corrected chi connectivity index (χ0v) is 7.87. The number of hydrogen-bond donors (Lipinski definition) is 2. The number of carbonyl (C=O) groups excluding carboxylic acids is 1. The number of carboxylic acids is 1. The van der Waals surface area contributed by atoms with Gasteiger partial charge in [-0.15, -0.1) is 0 Å². The molecule has 5 heteroatoms. The Morgan fingerprint density at radius 2 is 2.27 bits per heavy atom. The monoisotopic (exact) mass is 207 g/mol. The molecule has 2 aliphatic rings. The van der Waals surface area contributed by atoms with E-state index in [1.807, 2.05) is 0 Å². The molecule has 1 fully saturated rings. The summed E-state index contributed by atoms with van der Waals surface area (Å²) in [6.45, 7) is 0. The molecule has 15 heavy (non-hydrogen) atoms. The van der Waals surface area contributed by atoms with Crippen molar-refractivity contribution < 1.29 is 19.1 Å². The molecule has 1 aromatic heterocycles. The zero-order valence-electron chi connectivity index (χ0n) is 7.87. The maximum atomic E-state index is 11.7. The first-order chi connectivity index (χ1) is 7.11. The molecule has 1 saturated carbocycles. The van der Waals surface area contributed by atoms with E-state index in [0.29, 0.717) is 12.2 Å². The number of hydrogen-bond acceptors (Lipinski definition) is 3. The molecule has 1 aromatic rings. The number of aromatic carboxylic acids is 1. The van der Waals surface area contributed by atoms with E-state index in [1.165, 1.54) is 0 Å². The van der Waals surface area contributed by atoms with Crippen LogP contribution in [0.1, 0.15) is 39.3 Å². The minimum absolute atomic E-state index is 0.0435. The van der Waals surface area contributed by atoms with Crippen molar-refractivity contribution in [1.82, 2.24) is 5.32 Å². The van der Waals surface area contributed by atoms with Crippen molar-refractivity contribution in [2.45, 2.75) is 24.8 Å². The van der Waals surface area contributed by atoms with Crippen LogP contribution in [-0.4, -0.2) is 22.5 Å². The maximum Gasteiger partial charge on any atom is 0.339 e. The highest BCUT2D eigenvalue weighted by molar-refractivity contribution is 6.06. The fourth-order valence-corrected chi connectivity index (χ4v) is 2.04. The van der Waals surface area contributed by atoms with Gasteiger partial charge < -0.3 is 14.8 Å². The van der Waals surface area contributed by atoms with Crippen molar-refractivity contribution in [3.05, 3.63) is 23.2 Å². The van der Waals surface area contributed by atoms with Crippen LogP contribution in [0.4, 0.5) is 0 Å². The van der Waals surface area contributed by atoms with Crippen molar-refractivity contribution in [2.75, 3.05) is 0 Å². The molecule has 2 N–H and O–H groups in total. The molecule has 1 amide bonds. The molecule has 0 unspecified atom stereocenters. The predicted molar refractivity (Wildman–Crippen MR) is 48.8 cm³/mol. The number of carbonyl (C=O) groups is 2. The van der Waals surface area contributed by atoms with Crippen LogP contribution >= 0.6 is 0 Å². The normalized spacial score (nSPS) is 20.9. The molecular weight excluding hydrogens is 198 g/mol. The van der Waals surface area contributed by atoms with Crippen LogP contribution in [0, 0.1) is 0 Å². The van der Waals surface area contributed by atoms with E-state index in [9.17, 15) is 9.59 Å². The number of carboxylic acid groups (broad SMARTS) is 1. The summed E-state index contributed by atoms with van der Waals surface area (Å²) < 4.78 is 5.15. The van der Waals surface area contributed by atoms with Gasteiger partial charge in [-0.25, -0.2) is 4.79 Å². The minimum atomic E-state index is -1.12. The Bertz CT molecular complexity index is 470. The first-order valence-electron chi connectivity index (χ1n) is 4.77. The van der Waals surface area contributed by atoms with Gasteiger partial charge in [0.25, 0.3) is 5.91 Å². The van der Waals surface area contributed by atoms with E-state index in [0.717, 1.165) is 19.1 Å². The van der Waals surface area contributed by atoms with Gasteiger partial charge in [-0.2, -0.15) is 0 Å². The van der Waals surface area contributed by atoms with Crippen LogP contribution in [0.3, 0.4) is 0 Å². The van der Waals surface area contributed by atoms with Crippen molar-refractivity contribution >= 4 is 11.9 Å². The first-order valence-corrected chi connectivity index (χ1v) is 4.77. The van der Waals surface area contributed by atoms with Gasteiger partial charge in [0.05, 0.1) is 5.56 Å². The fraction of sp³-hybridized carbons (Fsp3) is 0.400. The third-order valence-corrected chi connectivity index (χ3v) is 3.06. The van der Waals surface area contributed by atoms with Gasteiger partial charge in [-0.3, -0.25) is 4.79 Å². The topological polar surface area (TPSA) is 79.5 Å². The molecule has 3 rings (SSSR count). The molecular formula is C10H9NO4. The highest BCUT2D eigenvalue weighted by atomic mass is 16.4. The first kappa shape index (κ1) is 8.52. The second-order valence-electron chi connectivity index (χ2n) is 4.16. The molecule has 1 aliphatic heterocycles. The lowest BCUT2D eigenvalue weighted by atomic mass is 9.98. The van der Waals surface area contributed by atoms with Crippen LogP contribution in [0.25, 0.3) is 0 Å². The van der Waals surface area contributed by atoms with Gasteiger partial charge in [0.15, 0.2) is 0 Å². The van der Waals surface area contributed by atoms with Crippen molar-refractivity contribution in [3.8, 4) is 0 Å². The highest BCUT2D eigenvalue weighted by Gasteiger charge is 2.49. The van der Waals surface area contributed by atoms with Gasteiger partial charge in [-0.1, -0.05) is 0 Å². The predicted octanol–water partition coefficient (Wildman–Crippen LogP) is 0.796. The zero-order chi connectivity index (χ0) is 10.6. The number of furan rings is 1. The standard InChI is InChI=1S/C10H9NO4/c12-8-7-5(9(13)14)4-15-6(7)3-10(11-8)1-2-10/h4H,1-3H2,(H,11,12)(H,13,14). The summed E-state index contributed by atoms with van der Waals surface area (Å²) >= 11 is 0. The smallest absolute Gasteiger partial charge is 0.339 e. The molecule has 1 spiro atoms. The van der Waals surface area contributed by atoms with Gasteiger partial charge in [0.2, 0.25) is 0 Å². The Kier molecular flexibility index (Phi) is 1.37. The Hall–Kier alpha value is -1.78. The average molecular weight is 207 g/mol. The van der Waals surface area contributed by atoms with E-state index in [2.05, 4.69) is 5.32 Å². The summed E-state index contributed by atoms with van der Waals surface area (Å²) in [5.41, 5.74) is 0.00979. The molecule has 5 nitrogen and oxygen atoms in total. The number of nitrogens with one attached hydrogen (secondary N) is 1. The Balaban J connectivity index is 2.10. The highest BCUT2D eigenvalue weighted by Crippen LogP contribution is 2.42. The van der Waals surface area contributed by atoms with Crippen LogP contribution in [0.2, 0.25) is 0 Å². The van der Waals surface area contributed by atoms with Crippen LogP contribution in [-0.2, 0) is 6.42 Å². The van der Waals surface area contributed by atoms with Crippen molar-refractivity contribution in [2.24, 2.45) is 0 Å². The lowest BCUT2D eigenvalue weighted by Gasteiger charge is -2.21. The lowest BCUT2D eigenvalue weighted by molar-refractivity contribution is 0.0689.